The van der Waals surface area contributed by atoms with Crippen LogP contribution in [0.15, 0.2) is 242 Å². The molecule has 0 unspecified atom stereocenters. The van der Waals surface area contributed by atoms with Crippen molar-refractivity contribution < 1.29 is 4.39 Å². The van der Waals surface area contributed by atoms with E-state index in [4.69, 9.17) is 0 Å². The minimum atomic E-state index is -0.541. The van der Waals surface area contributed by atoms with Gasteiger partial charge in [0.1, 0.15) is 5.82 Å². The molecule has 2 nitrogen and oxygen atoms in total. The predicted molar refractivity (Wildman–Crippen MR) is 264 cm³/mol. The molecule has 1 aromatic heterocycles. The zero-order valence-corrected chi connectivity index (χ0v) is 35.2. The molecule has 9 aromatic carbocycles. The predicted octanol–water partition coefficient (Wildman–Crippen LogP) is 15.9. The van der Waals surface area contributed by atoms with Crippen LogP contribution in [-0.2, 0) is 5.41 Å². The second-order valence-electron chi connectivity index (χ2n) is 16.9. The topological polar surface area (TPSA) is 8.17 Å². The zero-order valence-electron chi connectivity index (χ0n) is 35.2. The van der Waals surface area contributed by atoms with E-state index in [0.29, 0.717) is 0 Å². The van der Waals surface area contributed by atoms with Crippen LogP contribution < -0.4 is 4.90 Å². The van der Waals surface area contributed by atoms with Crippen molar-refractivity contribution in [2.75, 3.05) is 4.90 Å². The van der Waals surface area contributed by atoms with Crippen LogP contribution in [0, 0.1) is 5.82 Å². The standard InChI is InChI=1S/C61H43FN2/c62-48-31-33-50(34-32-48)63(52-35-36-54-53-26-10-12-28-57(53)61(58(54)41-52,46-19-4-1-5-20-46)47-21-6-2-7-22-47)51-25-15-18-44(39-51)42-16-14-17-43(38-42)45-30-37-60-56(40-45)55-27-11-13-29-59(55)64(60)49-23-8-3-9-24-49/h1-14,16-17,19-41H,15,18H2. The zero-order chi connectivity index (χ0) is 42.6. The number of halogens is 1. The molecule has 0 saturated carbocycles. The third kappa shape index (κ3) is 6.07. The quantitative estimate of drug-likeness (QED) is 0.148. The molecule has 10 aromatic rings. The summed E-state index contributed by atoms with van der Waals surface area (Å²) in [6.07, 6.45) is 6.46. The summed E-state index contributed by atoms with van der Waals surface area (Å²) < 4.78 is 17.0. The normalized spacial score (nSPS) is 13.9. The first-order chi connectivity index (χ1) is 31.6. The highest BCUT2D eigenvalue weighted by atomic mass is 19.1. The van der Waals surface area contributed by atoms with E-state index in [1.54, 1.807) is 12.1 Å². The third-order valence-corrected chi connectivity index (χ3v) is 13.4. The Morgan fingerprint density at radius 2 is 1.08 bits per heavy atom. The van der Waals surface area contributed by atoms with Crippen LogP contribution >= 0.6 is 0 Å². The average molecular weight is 823 g/mol. The van der Waals surface area contributed by atoms with Crippen molar-refractivity contribution in [2.24, 2.45) is 0 Å². The van der Waals surface area contributed by atoms with Crippen LogP contribution in [0.4, 0.5) is 15.8 Å². The Morgan fingerprint density at radius 3 is 1.86 bits per heavy atom. The number of hydrogen-bond donors (Lipinski definition) is 0. The molecular formula is C61H43FN2. The number of hydrogen-bond acceptors (Lipinski definition) is 1. The van der Waals surface area contributed by atoms with Crippen molar-refractivity contribution in [3.63, 3.8) is 0 Å². The van der Waals surface area contributed by atoms with Crippen LogP contribution in [0.25, 0.3) is 55.3 Å². The van der Waals surface area contributed by atoms with Gasteiger partial charge in [0.15, 0.2) is 0 Å². The van der Waals surface area contributed by atoms with Gasteiger partial charge in [0, 0.05) is 33.5 Å². The number of allylic oxidation sites excluding steroid dienone is 3. The van der Waals surface area contributed by atoms with E-state index in [-0.39, 0.29) is 5.82 Å². The monoisotopic (exact) mass is 822 g/mol. The van der Waals surface area contributed by atoms with Gasteiger partial charge < -0.3 is 9.47 Å². The van der Waals surface area contributed by atoms with Crippen molar-refractivity contribution in [3.05, 3.63) is 276 Å². The summed E-state index contributed by atoms with van der Waals surface area (Å²) in [5.74, 6) is -0.256. The number of benzene rings is 9. The van der Waals surface area contributed by atoms with Gasteiger partial charge in [0.05, 0.1) is 16.4 Å². The summed E-state index contributed by atoms with van der Waals surface area (Å²) in [7, 11) is 0. The maximum absolute atomic E-state index is 14.7. The van der Waals surface area contributed by atoms with E-state index in [1.165, 1.54) is 77.5 Å². The molecule has 0 N–H and O–H groups in total. The maximum atomic E-state index is 14.7. The molecule has 0 bridgehead atoms. The first-order valence-electron chi connectivity index (χ1n) is 22.2. The fourth-order valence-corrected chi connectivity index (χ4v) is 10.6. The lowest BCUT2D eigenvalue weighted by Gasteiger charge is -2.35. The lowest BCUT2D eigenvalue weighted by atomic mass is 9.67. The number of fused-ring (bicyclic) bond motifs is 6. The molecule has 0 amide bonds. The summed E-state index contributed by atoms with van der Waals surface area (Å²) >= 11 is 0. The van der Waals surface area contributed by atoms with E-state index >= 15 is 0 Å². The number of anilines is 2. The largest absolute Gasteiger partial charge is 0.311 e. The Labute approximate surface area is 373 Å². The first-order valence-corrected chi connectivity index (χ1v) is 22.2. The van der Waals surface area contributed by atoms with Crippen LogP contribution in [0.2, 0.25) is 0 Å². The summed E-state index contributed by atoms with van der Waals surface area (Å²) in [6, 6.07) is 79.7. The highest BCUT2D eigenvalue weighted by molar-refractivity contribution is 6.10. The molecule has 0 aliphatic heterocycles. The van der Waals surface area contributed by atoms with Crippen LogP contribution in [0.3, 0.4) is 0 Å². The van der Waals surface area contributed by atoms with Gasteiger partial charge in [-0.25, -0.2) is 4.39 Å². The fourth-order valence-electron chi connectivity index (χ4n) is 10.6. The molecule has 304 valence electrons. The molecule has 0 spiro atoms. The number of rotatable bonds is 8. The number of nitrogens with zero attached hydrogens (tertiary/aromatic N) is 2. The molecule has 64 heavy (non-hydrogen) atoms. The van der Waals surface area contributed by atoms with Gasteiger partial charge in [-0.3, -0.25) is 0 Å². The van der Waals surface area contributed by atoms with Crippen molar-refractivity contribution in [3.8, 4) is 27.9 Å². The minimum absolute atomic E-state index is 0.256. The first kappa shape index (κ1) is 37.7. The van der Waals surface area contributed by atoms with E-state index in [2.05, 4.69) is 222 Å². The molecule has 0 atom stereocenters. The second kappa shape index (κ2) is 15.4. The average Bonchev–Trinajstić information content (AvgIpc) is 3.86. The molecule has 0 radical (unpaired) electrons. The molecule has 2 aliphatic carbocycles. The Balaban J connectivity index is 0.974. The SMILES string of the molecule is Fc1ccc(N(C2=CCCC(c3cccc(-c4ccc5c(c4)c4ccccc4n5-c4ccccc4)c3)=C2)c2ccc3c(c2)C(c2ccccc2)(c2ccccc2)c2ccccc2-3)cc1. The van der Waals surface area contributed by atoms with Gasteiger partial charge in [0.2, 0.25) is 0 Å². The van der Waals surface area contributed by atoms with Crippen molar-refractivity contribution >= 4 is 38.8 Å². The molecule has 2 aliphatic rings. The summed E-state index contributed by atoms with van der Waals surface area (Å²) in [6.45, 7) is 0. The van der Waals surface area contributed by atoms with Gasteiger partial charge in [-0.05, 0) is 147 Å². The Hall–Kier alpha value is -8.01. The van der Waals surface area contributed by atoms with Crippen molar-refractivity contribution in [1.82, 2.24) is 4.57 Å². The van der Waals surface area contributed by atoms with Crippen LogP contribution in [0.1, 0.15) is 40.7 Å². The second-order valence-corrected chi connectivity index (χ2v) is 16.9. The fraction of sp³-hybridized carbons (Fsp3) is 0.0492. The molecular weight excluding hydrogens is 780 g/mol. The Morgan fingerprint density at radius 1 is 0.453 bits per heavy atom. The molecule has 0 fully saturated rings. The van der Waals surface area contributed by atoms with E-state index in [1.807, 2.05) is 12.1 Å². The molecule has 0 saturated heterocycles. The van der Waals surface area contributed by atoms with Crippen LogP contribution in [-0.4, -0.2) is 4.57 Å². The highest BCUT2D eigenvalue weighted by Gasteiger charge is 2.46. The van der Waals surface area contributed by atoms with Gasteiger partial charge >= 0.3 is 0 Å². The molecule has 1 heterocycles. The molecule has 12 rings (SSSR count). The van der Waals surface area contributed by atoms with E-state index < -0.39 is 5.41 Å². The lowest BCUT2D eigenvalue weighted by molar-refractivity contribution is 0.628. The number of para-hydroxylation sites is 2. The lowest BCUT2D eigenvalue weighted by Crippen LogP contribution is -2.29. The minimum Gasteiger partial charge on any atom is -0.311 e. The van der Waals surface area contributed by atoms with Crippen molar-refractivity contribution in [2.45, 2.75) is 18.3 Å². The maximum Gasteiger partial charge on any atom is 0.123 e. The van der Waals surface area contributed by atoms with Crippen LogP contribution in [0.5, 0.6) is 0 Å². The van der Waals surface area contributed by atoms with E-state index in [9.17, 15) is 4.39 Å². The summed E-state index contributed by atoms with van der Waals surface area (Å²) in [4.78, 5) is 2.31. The third-order valence-electron chi connectivity index (χ3n) is 13.4. The summed E-state index contributed by atoms with van der Waals surface area (Å²) in [5.41, 5.74) is 18.2. The van der Waals surface area contributed by atoms with E-state index in [0.717, 1.165) is 35.6 Å². The van der Waals surface area contributed by atoms with Gasteiger partial charge in [0.25, 0.3) is 0 Å². The highest BCUT2D eigenvalue weighted by Crippen LogP contribution is 2.57. The van der Waals surface area contributed by atoms with Crippen molar-refractivity contribution in [1.29, 1.82) is 0 Å². The van der Waals surface area contributed by atoms with Gasteiger partial charge in [-0.2, -0.15) is 0 Å². The number of aromatic nitrogens is 1. The Kier molecular flexibility index (Phi) is 9.08. The smallest absolute Gasteiger partial charge is 0.123 e. The summed E-state index contributed by atoms with van der Waals surface area (Å²) in [5, 5.41) is 2.48. The molecule has 3 heteroatoms. The van der Waals surface area contributed by atoms with Gasteiger partial charge in [-0.15, -0.1) is 0 Å². The van der Waals surface area contributed by atoms with Gasteiger partial charge in [-0.1, -0.05) is 158 Å². The Bertz CT molecular complexity index is 3390.